The van der Waals surface area contributed by atoms with E-state index in [1.807, 2.05) is 79.3 Å². The number of rotatable bonds is 8. The number of nitrogens with one attached hydrogen (secondary N) is 2. The Morgan fingerprint density at radius 2 is 1.97 bits per heavy atom. The van der Waals surface area contributed by atoms with Crippen molar-refractivity contribution >= 4 is 23.2 Å². The molecule has 0 fully saturated rings. The minimum atomic E-state index is -0.252. The van der Waals surface area contributed by atoms with Crippen molar-refractivity contribution in [1.82, 2.24) is 15.1 Å². The van der Waals surface area contributed by atoms with Crippen molar-refractivity contribution in [1.29, 1.82) is 0 Å². The van der Waals surface area contributed by atoms with Gasteiger partial charge in [0.15, 0.2) is 0 Å². The molecule has 0 aliphatic rings. The van der Waals surface area contributed by atoms with Crippen LogP contribution >= 0.6 is 0 Å². The smallest absolute Gasteiger partial charge is 0.258 e. The van der Waals surface area contributed by atoms with Crippen LogP contribution in [0.3, 0.4) is 0 Å². The van der Waals surface area contributed by atoms with Crippen LogP contribution in [0.15, 0.2) is 59.7 Å². The largest absolute Gasteiger partial charge is 0.495 e. The predicted molar refractivity (Wildman–Crippen MR) is 133 cm³/mol. The third-order valence-corrected chi connectivity index (χ3v) is 5.12. The van der Waals surface area contributed by atoms with Crippen molar-refractivity contribution in [2.75, 3.05) is 31.4 Å². The van der Waals surface area contributed by atoms with Crippen LogP contribution in [-0.2, 0) is 13.1 Å². The normalized spacial score (nSPS) is 11.2. The second-order valence-corrected chi connectivity index (χ2v) is 7.89. The number of amides is 1. The first-order valence-electron chi connectivity index (χ1n) is 11.0. The summed E-state index contributed by atoms with van der Waals surface area (Å²) in [6.45, 7) is 5.32. The number of aromatic nitrogens is 2. The van der Waals surface area contributed by atoms with Gasteiger partial charge in [0.05, 0.1) is 25.0 Å². The van der Waals surface area contributed by atoms with E-state index in [2.05, 4.69) is 27.6 Å². The van der Waals surface area contributed by atoms with Crippen molar-refractivity contribution in [3.63, 3.8) is 0 Å². The molecular formula is C25H32N6O2. The minimum Gasteiger partial charge on any atom is -0.495 e. The van der Waals surface area contributed by atoms with Gasteiger partial charge < -0.3 is 15.0 Å². The number of carbonyl (C=O) groups excluding carboxylic acids is 1. The summed E-state index contributed by atoms with van der Waals surface area (Å²) in [4.78, 5) is 19.7. The van der Waals surface area contributed by atoms with E-state index in [0.29, 0.717) is 29.5 Å². The van der Waals surface area contributed by atoms with Crippen molar-refractivity contribution in [2.24, 2.45) is 4.99 Å². The highest BCUT2D eigenvalue weighted by molar-refractivity contribution is 6.10. The highest BCUT2D eigenvalue weighted by Crippen LogP contribution is 2.23. The van der Waals surface area contributed by atoms with Gasteiger partial charge in [0.25, 0.3) is 5.91 Å². The molecule has 2 N–H and O–H groups in total. The average molecular weight is 449 g/mol. The maximum absolute atomic E-state index is 13.0. The second-order valence-electron chi connectivity index (χ2n) is 7.89. The first kappa shape index (κ1) is 23.8. The monoisotopic (exact) mass is 448 g/mol. The number of nitrogens with zero attached hydrogens (tertiary/aromatic N) is 4. The molecule has 8 nitrogen and oxygen atoms in total. The molecule has 2 aromatic carbocycles. The molecule has 0 atom stereocenters. The van der Waals surface area contributed by atoms with E-state index in [9.17, 15) is 4.79 Å². The van der Waals surface area contributed by atoms with Crippen LogP contribution < -0.4 is 20.3 Å². The van der Waals surface area contributed by atoms with Gasteiger partial charge >= 0.3 is 0 Å². The number of methoxy groups -OCH3 is 1. The van der Waals surface area contributed by atoms with Crippen molar-refractivity contribution in [2.45, 2.75) is 33.4 Å². The van der Waals surface area contributed by atoms with Gasteiger partial charge in [-0.1, -0.05) is 25.1 Å². The molecule has 0 saturated carbocycles. The average Bonchev–Trinajstić information content (AvgIpc) is 3.17. The number of para-hydroxylation sites is 2. The lowest BCUT2D eigenvalue weighted by molar-refractivity contribution is 0.0977. The summed E-state index contributed by atoms with van der Waals surface area (Å²) in [5, 5.41) is 10.7. The number of benzene rings is 2. The molecule has 1 amide bonds. The van der Waals surface area contributed by atoms with E-state index in [4.69, 9.17) is 4.74 Å². The van der Waals surface area contributed by atoms with E-state index in [-0.39, 0.29) is 5.91 Å². The summed E-state index contributed by atoms with van der Waals surface area (Å²) in [6.07, 6.45) is 3.01. The molecule has 0 spiro atoms. The van der Waals surface area contributed by atoms with E-state index >= 15 is 0 Å². The molecule has 3 aromatic rings. The molecule has 0 aliphatic carbocycles. The molecule has 0 radical (unpaired) electrons. The zero-order valence-corrected chi connectivity index (χ0v) is 19.9. The first-order chi connectivity index (χ1) is 15.9. The van der Waals surface area contributed by atoms with Gasteiger partial charge in [-0.2, -0.15) is 5.10 Å². The SMILES string of the molecule is CCCn1cc(CN=C(NC(=O)c2cccc(N(C)C)c2)Nc2ccccc2OC)c(C)n1. The van der Waals surface area contributed by atoms with Gasteiger partial charge in [0.1, 0.15) is 5.75 Å². The van der Waals surface area contributed by atoms with Gasteiger partial charge in [-0.05, 0) is 43.7 Å². The lowest BCUT2D eigenvalue weighted by Gasteiger charge is -2.16. The molecule has 33 heavy (non-hydrogen) atoms. The van der Waals surface area contributed by atoms with E-state index < -0.39 is 0 Å². The lowest BCUT2D eigenvalue weighted by Crippen LogP contribution is -2.36. The van der Waals surface area contributed by atoms with Gasteiger partial charge in [-0.25, -0.2) is 4.99 Å². The summed E-state index contributed by atoms with van der Waals surface area (Å²) in [6, 6.07) is 14.9. The van der Waals surface area contributed by atoms with Crippen LogP contribution in [0.25, 0.3) is 0 Å². The van der Waals surface area contributed by atoms with Crippen molar-refractivity contribution in [3.8, 4) is 5.75 Å². The third-order valence-electron chi connectivity index (χ3n) is 5.12. The number of hydrogen-bond donors (Lipinski definition) is 2. The number of anilines is 2. The fraction of sp³-hybridized carbons (Fsp3) is 0.320. The minimum absolute atomic E-state index is 0.252. The fourth-order valence-corrected chi connectivity index (χ4v) is 3.31. The number of ether oxygens (including phenoxy) is 1. The standard InChI is InChI=1S/C25H32N6O2/c1-6-14-31-17-20(18(2)29-31)16-26-25(27-22-12-7-8-13-23(22)33-5)28-24(32)19-10-9-11-21(15-19)30(3)4/h7-13,15,17H,6,14,16H2,1-5H3,(H2,26,27,28,32). The number of carbonyl (C=O) groups is 1. The molecule has 0 aliphatic heterocycles. The Kier molecular flexibility index (Phi) is 8.07. The summed E-state index contributed by atoms with van der Waals surface area (Å²) >= 11 is 0. The maximum atomic E-state index is 13.0. The van der Waals surface area contributed by atoms with Crippen LogP contribution in [0.4, 0.5) is 11.4 Å². The van der Waals surface area contributed by atoms with E-state index in [0.717, 1.165) is 29.9 Å². The molecule has 0 bridgehead atoms. The highest BCUT2D eigenvalue weighted by Gasteiger charge is 2.13. The van der Waals surface area contributed by atoms with E-state index in [1.165, 1.54) is 0 Å². The number of aliphatic imine (C=N–C) groups is 1. The maximum Gasteiger partial charge on any atom is 0.258 e. The molecule has 1 heterocycles. The molecule has 8 heteroatoms. The number of aryl methyl sites for hydroxylation is 2. The van der Waals surface area contributed by atoms with Crippen molar-refractivity contribution < 1.29 is 9.53 Å². The lowest BCUT2D eigenvalue weighted by atomic mass is 10.2. The molecule has 1 aromatic heterocycles. The Labute approximate surface area is 195 Å². The van der Waals surface area contributed by atoms with E-state index in [1.54, 1.807) is 13.2 Å². The summed E-state index contributed by atoms with van der Waals surface area (Å²) < 4.78 is 7.37. The molecular weight excluding hydrogens is 416 g/mol. The third kappa shape index (κ3) is 6.35. The van der Waals surface area contributed by atoms with Crippen LogP contribution in [0.2, 0.25) is 0 Å². The predicted octanol–water partition coefficient (Wildman–Crippen LogP) is 4.07. The van der Waals surface area contributed by atoms with Gasteiger partial charge in [-0.3, -0.25) is 14.8 Å². The molecule has 0 saturated heterocycles. The zero-order valence-electron chi connectivity index (χ0n) is 19.9. The Bertz CT molecular complexity index is 1120. The number of hydrogen-bond acceptors (Lipinski definition) is 5. The summed E-state index contributed by atoms with van der Waals surface area (Å²) in [5.74, 6) is 0.738. The molecule has 174 valence electrons. The second kappa shape index (κ2) is 11.2. The topological polar surface area (TPSA) is 83.8 Å². The van der Waals surface area contributed by atoms with Gasteiger partial charge in [0.2, 0.25) is 5.96 Å². The Balaban J connectivity index is 1.87. The Hall–Kier alpha value is -3.81. The zero-order chi connectivity index (χ0) is 23.8. The Morgan fingerprint density at radius 1 is 1.18 bits per heavy atom. The fourth-order valence-electron chi connectivity index (χ4n) is 3.31. The molecule has 3 rings (SSSR count). The quantitative estimate of drug-likeness (QED) is 0.401. The highest BCUT2D eigenvalue weighted by atomic mass is 16.5. The molecule has 0 unspecified atom stereocenters. The van der Waals surface area contributed by atoms with Crippen LogP contribution in [0.1, 0.15) is 35.0 Å². The van der Waals surface area contributed by atoms with Crippen LogP contribution in [0, 0.1) is 6.92 Å². The van der Waals surface area contributed by atoms with Crippen LogP contribution in [0.5, 0.6) is 5.75 Å². The van der Waals surface area contributed by atoms with Gasteiger partial charge in [0, 0.05) is 43.7 Å². The Morgan fingerprint density at radius 3 is 2.70 bits per heavy atom. The summed E-state index contributed by atoms with van der Waals surface area (Å²) in [5.41, 5.74) is 4.13. The number of guanidine groups is 1. The van der Waals surface area contributed by atoms with Gasteiger partial charge in [-0.15, -0.1) is 0 Å². The van der Waals surface area contributed by atoms with Crippen LogP contribution in [-0.4, -0.2) is 42.9 Å². The first-order valence-corrected chi connectivity index (χ1v) is 11.0. The summed E-state index contributed by atoms with van der Waals surface area (Å²) in [7, 11) is 5.48. The van der Waals surface area contributed by atoms with Crippen molar-refractivity contribution in [3.05, 3.63) is 71.5 Å².